The summed E-state index contributed by atoms with van der Waals surface area (Å²) in [6.07, 6.45) is 3.21. The van der Waals surface area contributed by atoms with Gasteiger partial charge in [0.2, 0.25) is 0 Å². The van der Waals surface area contributed by atoms with Crippen molar-refractivity contribution in [3.05, 3.63) is 71.0 Å². The Kier molecular flexibility index (Phi) is 3.87. The fourth-order valence-corrected chi connectivity index (χ4v) is 6.47. The van der Waals surface area contributed by atoms with Crippen LogP contribution in [0.4, 0.5) is 0 Å². The minimum Gasteiger partial charge on any atom is -0.504 e. The minimum absolute atomic E-state index is 0.0314. The Bertz CT molecular complexity index is 1110. The molecule has 1 saturated carbocycles. The van der Waals surface area contributed by atoms with Gasteiger partial charge >= 0.3 is 5.97 Å². The van der Waals surface area contributed by atoms with Crippen molar-refractivity contribution in [3.8, 4) is 11.5 Å². The van der Waals surface area contributed by atoms with E-state index >= 15 is 0 Å². The second-order valence-electron chi connectivity index (χ2n) is 9.18. The van der Waals surface area contributed by atoms with Crippen LogP contribution in [0, 0.1) is 5.92 Å². The lowest BCUT2D eigenvalue weighted by molar-refractivity contribution is -0.165. The molecule has 2 bridgehead atoms. The highest BCUT2D eigenvalue weighted by atomic mass is 16.6. The van der Waals surface area contributed by atoms with Gasteiger partial charge in [-0.1, -0.05) is 42.8 Å². The van der Waals surface area contributed by atoms with E-state index in [2.05, 4.69) is 0 Å². The monoisotopic (exact) mass is 420 g/mol. The topological polar surface area (TPSA) is 96.2 Å². The number of benzene rings is 2. The Morgan fingerprint density at radius 2 is 2.00 bits per heavy atom. The van der Waals surface area contributed by atoms with Crippen LogP contribution >= 0.6 is 0 Å². The SMILES string of the molecule is O=C(OC1=CC[C@@]2(O)[C@@H]3CCC[C@@]24c2c(ccc(O)c2O[C@@H]14)C3)[C@H](O)c1ccccc1. The average molecular weight is 420 g/mol. The van der Waals surface area contributed by atoms with Gasteiger partial charge in [-0.15, -0.1) is 0 Å². The molecule has 1 fully saturated rings. The number of phenolic OH excluding ortho intramolecular Hbond substituents is 1. The van der Waals surface area contributed by atoms with Gasteiger partial charge in [-0.2, -0.15) is 0 Å². The molecule has 31 heavy (non-hydrogen) atoms. The van der Waals surface area contributed by atoms with Gasteiger partial charge in [-0.3, -0.25) is 0 Å². The van der Waals surface area contributed by atoms with E-state index < -0.39 is 29.2 Å². The normalized spacial score (nSPS) is 33.0. The summed E-state index contributed by atoms with van der Waals surface area (Å²) in [5.74, 6) is 0.0107. The molecular formula is C25H24O6. The number of aromatic hydroxyl groups is 1. The van der Waals surface area contributed by atoms with Crippen molar-refractivity contribution in [2.75, 3.05) is 0 Å². The fourth-order valence-electron chi connectivity index (χ4n) is 6.47. The van der Waals surface area contributed by atoms with E-state index in [0.29, 0.717) is 29.9 Å². The molecule has 5 atom stereocenters. The van der Waals surface area contributed by atoms with Gasteiger partial charge in [-0.05, 0) is 54.9 Å². The zero-order chi connectivity index (χ0) is 21.4. The lowest BCUT2D eigenvalue weighted by Crippen LogP contribution is -2.67. The third-order valence-electron chi connectivity index (χ3n) is 7.82. The van der Waals surface area contributed by atoms with E-state index in [9.17, 15) is 20.1 Å². The van der Waals surface area contributed by atoms with E-state index in [0.717, 1.165) is 30.4 Å². The number of aliphatic hydroxyl groups is 2. The van der Waals surface area contributed by atoms with Crippen molar-refractivity contribution in [1.82, 2.24) is 0 Å². The van der Waals surface area contributed by atoms with Crippen LogP contribution < -0.4 is 4.74 Å². The highest BCUT2D eigenvalue weighted by Gasteiger charge is 2.70. The van der Waals surface area contributed by atoms with Crippen molar-refractivity contribution in [2.45, 2.75) is 55.3 Å². The van der Waals surface area contributed by atoms with Gasteiger partial charge < -0.3 is 24.8 Å². The van der Waals surface area contributed by atoms with E-state index in [1.165, 1.54) is 0 Å². The number of phenols is 1. The van der Waals surface area contributed by atoms with Gasteiger partial charge in [0.05, 0.1) is 11.0 Å². The Morgan fingerprint density at radius 1 is 1.19 bits per heavy atom. The summed E-state index contributed by atoms with van der Waals surface area (Å²) in [7, 11) is 0. The smallest absolute Gasteiger partial charge is 0.344 e. The summed E-state index contributed by atoms with van der Waals surface area (Å²) in [6, 6.07) is 12.2. The number of carbonyl (C=O) groups is 1. The zero-order valence-corrected chi connectivity index (χ0v) is 17.0. The van der Waals surface area contributed by atoms with Crippen LogP contribution in [0.25, 0.3) is 0 Å². The third kappa shape index (κ3) is 2.32. The number of hydrogen-bond donors (Lipinski definition) is 3. The Balaban J connectivity index is 1.42. The molecule has 6 nitrogen and oxygen atoms in total. The number of rotatable bonds is 3. The molecule has 6 heteroatoms. The number of hydrogen-bond acceptors (Lipinski definition) is 6. The number of aliphatic hydroxyl groups excluding tert-OH is 1. The maximum absolute atomic E-state index is 12.8. The van der Waals surface area contributed by atoms with Crippen molar-refractivity contribution >= 4 is 5.97 Å². The van der Waals surface area contributed by atoms with Gasteiger partial charge in [0.1, 0.15) is 5.76 Å². The van der Waals surface area contributed by atoms with Crippen molar-refractivity contribution in [2.24, 2.45) is 5.92 Å². The highest BCUT2D eigenvalue weighted by Crippen LogP contribution is 2.67. The summed E-state index contributed by atoms with van der Waals surface area (Å²) in [4.78, 5) is 12.8. The molecule has 0 aromatic heterocycles. The standard InChI is InChI=1S/C25H24O6/c26-17-9-8-15-13-16-7-4-11-24-19(15)21(17)31-22(24)18(10-12-25(16,24)29)30-23(28)20(27)14-5-2-1-3-6-14/h1-3,5-6,8-10,16,20,22,26-27,29H,4,7,11-13H2/t16-,20-,22+,24+,25-/m1/s1. The molecule has 0 unspecified atom stereocenters. The largest absolute Gasteiger partial charge is 0.504 e. The van der Waals surface area contributed by atoms with Crippen LogP contribution in [0.2, 0.25) is 0 Å². The molecule has 160 valence electrons. The molecule has 3 N–H and O–H groups in total. The molecular weight excluding hydrogens is 396 g/mol. The molecule has 1 heterocycles. The molecule has 2 aromatic rings. The Labute approximate surface area is 179 Å². The van der Waals surface area contributed by atoms with Crippen LogP contribution in [0.3, 0.4) is 0 Å². The second-order valence-corrected chi connectivity index (χ2v) is 9.18. The first kappa shape index (κ1) is 18.9. The maximum atomic E-state index is 12.8. The lowest BCUT2D eigenvalue weighted by Gasteiger charge is -2.59. The zero-order valence-electron chi connectivity index (χ0n) is 17.0. The Morgan fingerprint density at radius 3 is 2.81 bits per heavy atom. The number of carbonyl (C=O) groups excluding carboxylic acids is 1. The molecule has 3 aliphatic carbocycles. The van der Waals surface area contributed by atoms with Gasteiger partial charge in [0, 0.05) is 5.56 Å². The molecule has 1 spiro atoms. The minimum atomic E-state index is -1.42. The highest BCUT2D eigenvalue weighted by molar-refractivity contribution is 5.77. The average Bonchev–Trinajstić information content (AvgIpc) is 3.12. The van der Waals surface area contributed by atoms with Crippen LogP contribution in [0.1, 0.15) is 48.5 Å². The first-order chi connectivity index (χ1) is 15.0. The molecule has 6 rings (SSSR count). The Hall–Kier alpha value is -2.83. The molecule has 1 aliphatic heterocycles. The molecule has 0 saturated heterocycles. The van der Waals surface area contributed by atoms with Crippen LogP contribution in [0.15, 0.2) is 54.3 Å². The lowest BCUT2D eigenvalue weighted by atomic mass is 9.47. The van der Waals surface area contributed by atoms with Gasteiger partial charge in [0.25, 0.3) is 0 Å². The van der Waals surface area contributed by atoms with Crippen molar-refractivity contribution in [1.29, 1.82) is 0 Å². The van der Waals surface area contributed by atoms with Crippen LogP contribution in [0.5, 0.6) is 11.5 Å². The number of esters is 1. The van der Waals surface area contributed by atoms with Gasteiger partial charge in [-0.25, -0.2) is 4.79 Å². The first-order valence-corrected chi connectivity index (χ1v) is 10.8. The van der Waals surface area contributed by atoms with Crippen molar-refractivity contribution < 1.29 is 29.6 Å². The van der Waals surface area contributed by atoms with E-state index in [-0.39, 0.29) is 11.7 Å². The summed E-state index contributed by atoms with van der Waals surface area (Å²) in [6.45, 7) is 0. The van der Waals surface area contributed by atoms with Crippen molar-refractivity contribution in [3.63, 3.8) is 0 Å². The second kappa shape index (κ2) is 6.34. The van der Waals surface area contributed by atoms with E-state index in [1.54, 1.807) is 42.5 Å². The third-order valence-corrected chi connectivity index (χ3v) is 7.82. The predicted octanol–water partition coefficient (Wildman–Crippen LogP) is 3.04. The number of ether oxygens (including phenoxy) is 2. The van der Waals surface area contributed by atoms with Crippen LogP contribution in [-0.2, 0) is 21.4 Å². The predicted molar refractivity (Wildman–Crippen MR) is 110 cm³/mol. The molecule has 4 aliphatic rings. The van der Waals surface area contributed by atoms with Gasteiger partial charge in [0.15, 0.2) is 23.7 Å². The summed E-state index contributed by atoms with van der Waals surface area (Å²) in [5.41, 5.74) is 0.613. The summed E-state index contributed by atoms with van der Waals surface area (Å²) in [5, 5.41) is 32.9. The maximum Gasteiger partial charge on any atom is 0.344 e. The van der Waals surface area contributed by atoms with Crippen LogP contribution in [-0.4, -0.2) is 33.0 Å². The quantitative estimate of drug-likeness (QED) is 0.661. The van der Waals surface area contributed by atoms with E-state index in [4.69, 9.17) is 9.47 Å². The van der Waals surface area contributed by atoms with E-state index in [1.807, 2.05) is 6.07 Å². The molecule has 2 aromatic carbocycles. The molecule has 0 radical (unpaired) electrons. The first-order valence-electron chi connectivity index (χ1n) is 10.8. The fraction of sp³-hybridized carbons (Fsp3) is 0.400. The summed E-state index contributed by atoms with van der Waals surface area (Å²) >= 11 is 0. The molecule has 0 amide bonds. The summed E-state index contributed by atoms with van der Waals surface area (Å²) < 4.78 is 11.9.